The molecule has 1 saturated heterocycles. The molecule has 0 radical (unpaired) electrons. The van der Waals surface area contributed by atoms with E-state index in [9.17, 15) is 14.3 Å². The van der Waals surface area contributed by atoms with E-state index >= 15 is 0 Å². The van der Waals surface area contributed by atoms with Gasteiger partial charge in [-0.1, -0.05) is 35.3 Å². The summed E-state index contributed by atoms with van der Waals surface area (Å²) >= 11 is 11.7. The van der Waals surface area contributed by atoms with Crippen LogP contribution in [0, 0.1) is 5.82 Å². The van der Waals surface area contributed by atoms with Gasteiger partial charge < -0.3 is 15.2 Å². The molecule has 2 atom stereocenters. The molecule has 2 aromatic carbocycles. The third kappa shape index (κ3) is 4.53. The van der Waals surface area contributed by atoms with E-state index in [0.29, 0.717) is 12.3 Å². The van der Waals surface area contributed by atoms with Gasteiger partial charge in [0.2, 0.25) is 0 Å². The molecule has 4 fully saturated rings. The first-order chi connectivity index (χ1) is 16.3. The van der Waals surface area contributed by atoms with Gasteiger partial charge in [-0.05, 0) is 80.8 Å². The lowest BCUT2D eigenvalue weighted by atomic mass is 9.59. The van der Waals surface area contributed by atoms with Crippen LogP contribution in [0.25, 0.3) is 0 Å². The van der Waals surface area contributed by atoms with Crippen LogP contribution < -0.4 is 10.1 Å². The van der Waals surface area contributed by atoms with Crippen molar-refractivity contribution in [2.75, 3.05) is 19.7 Å². The highest BCUT2D eigenvalue weighted by atomic mass is 35.5. The van der Waals surface area contributed by atoms with Crippen LogP contribution in [0.2, 0.25) is 10.0 Å². The van der Waals surface area contributed by atoms with Gasteiger partial charge in [-0.3, -0.25) is 9.69 Å². The van der Waals surface area contributed by atoms with Gasteiger partial charge in [-0.2, -0.15) is 0 Å². The zero-order valence-electron chi connectivity index (χ0n) is 18.9. The fourth-order valence-electron chi connectivity index (χ4n) is 6.14. The number of carbonyl (C=O) groups is 1. The van der Waals surface area contributed by atoms with Crippen LogP contribution in [0.3, 0.4) is 0 Å². The second kappa shape index (κ2) is 9.30. The van der Waals surface area contributed by atoms with Gasteiger partial charge >= 0.3 is 0 Å². The summed E-state index contributed by atoms with van der Waals surface area (Å²) in [6.07, 6.45) is 4.51. The third-order valence-corrected chi connectivity index (χ3v) is 8.69. The Hall–Kier alpha value is -1.86. The number of carbonyl (C=O) groups excluding carboxylic acids is 1. The van der Waals surface area contributed by atoms with Gasteiger partial charge in [0.25, 0.3) is 5.91 Å². The topological polar surface area (TPSA) is 61.8 Å². The summed E-state index contributed by atoms with van der Waals surface area (Å²) in [7, 11) is 0. The van der Waals surface area contributed by atoms with E-state index in [0.717, 1.165) is 56.3 Å². The van der Waals surface area contributed by atoms with Gasteiger partial charge in [-0.15, -0.1) is 0 Å². The summed E-state index contributed by atoms with van der Waals surface area (Å²) in [5, 5.41) is 14.9. The van der Waals surface area contributed by atoms with E-state index in [1.54, 1.807) is 0 Å². The SMILES string of the molecule is O=C(COc1ccc(Cl)c(F)c1)NC12CCC(N3CCC(c4ccc(Cl)cc4)C3)(CC1)CC2O. The maximum absolute atomic E-state index is 13.6. The molecular weight excluding hydrogens is 478 g/mol. The van der Waals surface area contributed by atoms with Crippen molar-refractivity contribution in [3.8, 4) is 5.75 Å². The first kappa shape index (κ1) is 23.9. The Bertz CT molecular complexity index is 1060. The van der Waals surface area contributed by atoms with Crippen molar-refractivity contribution in [1.82, 2.24) is 10.2 Å². The van der Waals surface area contributed by atoms with Crippen LogP contribution in [0.1, 0.15) is 50.0 Å². The van der Waals surface area contributed by atoms with Crippen molar-refractivity contribution < 1.29 is 19.0 Å². The van der Waals surface area contributed by atoms with Crippen molar-refractivity contribution in [2.24, 2.45) is 0 Å². The molecule has 8 heteroatoms. The number of rotatable bonds is 6. The highest BCUT2D eigenvalue weighted by Gasteiger charge is 2.57. The molecule has 6 rings (SSSR count). The fourth-order valence-corrected chi connectivity index (χ4v) is 6.38. The van der Waals surface area contributed by atoms with Crippen molar-refractivity contribution >= 4 is 29.1 Å². The summed E-state index contributed by atoms with van der Waals surface area (Å²) in [6.45, 7) is 1.76. The molecule has 182 valence electrons. The fraction of sp³-hybridized carbons (Fsp3) is 0.500. The molecule has 2 unspecified atom stereocenters. The lowest BCUT2D eigenvalue weighted by Crippen LogP contribution is -2.70. The van der Waals surface area contributed by atoms with Gasteiger partial charge in [0.1, 0.15) is 11.6 Å². The molecule has 4 aliphatic rings. The Morgan fingerprint density at radius 3 is 2.56 bits per heavy atom. The minimum Gasteiger partial charge on any atom is -0.484 e. The second-order valence-electron chi connectivity index (χ2n) is 10.00. The number of nitrogens with zero attached hydrogens (tertiary/aromatic N) is 1. The summed E-state index contributed by atoms with van der Waals surface area (Å²) in [5.74, 6) is -0.185. The van der Waals surface area contributed by atoms with Crippen molar-refractivity contribution in [3.05, 3.63) is 63.9 Å². The number of likely N-dealkylation sites (tertiary alicyclic amines) is 1. The van der Waals surface area contributed by atoms with E-state index < -0.39 is 17.5 Å². The number of ether oxygens (including phenoxy) is 1. The monoisotopic (exact) mass is 506 g/mol. The summed E-state index contributed by atoms with van der Waals surface area (Å²) in [6, 6.07) is 12.2. The number of halogens is 3. The molecule has 1 amide bonds. The largest absolute Gasteiger partial charge is 0.484 e. The Balaban J connectivity index is 1.18. The molecule has 2 N–H and O–H groups in total. The quantitative estimate of drug-likeness (QED) is 0.582. The Labute approximate surface area is 209 Å². The van der Waals surface area contributed by atoms with E-state index in [4.69, 9.17) is 27.9 Å². The molecule has 5 nitrogen and oxygen atoms in total. The van der Waals surface area contributed by atoms with Gasteiger partial charge in [-0.25, -0.2) is 4.39 Å². The molecule has 1 aliphatic heterocycles. The molecule has 34 heavy (non-hydrogen) atoms. The molecule has 1 heterocycles. The number of benzene rings is 2. The lowest BCUT2D eigenvalue weighted by molar-refractivity contribution is -0.137. The first-order valence-corrected chi connectivity index (χ1v) is 12.6. The van der Waals surface area contributed by atoms with Gasteiger partial charge in [0.05, 0.1) is 16.7 Å². The minimum absolute atomic E-state index is 0.00389. The smallest absolute Gasteiger partial charge is 0.258 e. The minimum atomic E-state index is -0.622. The van der Waals surface area contributed by atoms with E-state index in [1.165, 1.54) is 17.7 Å². The molecule has 2 aromatic rings. The Kier molecular flexibility index (Phi) is 6.53. The predicted molar refractivity (Wildman–Crippen MR) is 130 cm³/mol. The summed E-state index contributed by atoms with van der Waals surface area (Å²) in [5.41, 5.74) is 0.685. The number of aliphatic hydroxyl groups excluding tert-OH is 1. The summed E-state index contributed by atoms with van der Waals surface area (Å²) < 4.78 is 19.0. The second-order valence-corrected chi connectivity index (χ2v) is 10.8. The highest BCUT2D eigenvalue weighted by Crippen LogP contribution is 2.51. The average molecular weight is 507 g/mol. The Morgan fingerprint density at radius 2 is 1.88 bits per heavy atom. The zero-order chi connectivity index (χ0) is 23.9. The van der Waals surface area contributed by atoms with Crippen LogP contribution >= 0.6 is 23.2 Å². The standard InChI is InChI=1S/C26H29Cl2FN2O3/c27-19-3-1-17(2-4-19)18-7-12-31(15-18)25-8-10-26(11-9-25,23(32)14-25)30-24(33)16-34-20-5-6-21(28)22(29)13-20/h1-6,13,18,23,32H,7-12,14-16H2,(H,30,33). The lowest BCUT2D eigenvalue weighted by Gasteiger charge is -2.59. The molecule has 0 spiro atoms. The van der Waals surface area contributed by atoms with Gasteiger partial charge in [0, 0.05) is 23.2 Å². The van der Waals surface area contributed by atoms with E-state index in [2.05, 4.69) is 22.3 Å². The molecule has 3 aliphatic carbocycles. The van der Waals surface area contributed by atoms with E-state index in [-0.39, 0.29) is 28.8 Å². The van der Waals surface area contributed by atoms with Crippen molar-refractivity contribution in [3.63, 3.8) is 0 Å². The third-order valence-electron chi connectivity index (χ3n) is 8.13. The molecule has 3 saturated carbocycles. The number of amides is 1. The normalized spacial score (nSPS) is 30.9. The molecular formula is C26H29Cl2FN2O3. The van der Waals surface area contributed by atoms with Crippen LogP contribution in [0.5, 0.6) is 5.75 Å². The molecule has 0 aromatic heterocycles. The van der Waals surface area contributed by atoms with E-state index in [1.807, 2.05) is 12.1 Å². The molecule has 2 bridgehead atoms. The zero-order valence-corrected chi connectivity index (χ0v) is 20.4. The van der Waals surface area contributed by atoms with Crippen LogP contribution in [0.4, 0.5) is 4.39 Å². The van der Waals surface area contributed by atoms with Crippen molar-refractivity contribution in [2.45, 2.75) is 61.6 Å². The van der Waals surface area contributed by atoms with Crippen LogP contribution in [-0.4, -0.2) is 52.8 Å². The van der Waals surface area contributed by atoms with Crippen LogP contribution in [-0.2, 0) is 4.79 Å². The predicted octanol–water partition coefficient (Wildman–Crippen LogP) is 4.93. The average Bonchev–Trinajstić information content (AvgIpc) is 3.33. The summed E-state index contributed by atoms with van der Waals surface area (Å²) in [4.78, 5) is 15.2. The number of hydrogen-bond donors (Lipinski definition) is 2. The van der Waals surface area contributed by atoms with Crippen LogP contribution in [0.15, 0.2) is 42.5 Å². The maximum atomic E-state index is 13.6. The Morgan fingerprint density at radius 1 is 1.15 bits per heavy atom. The number of fused-ring (bicyclic) bond motifs is 3. The number of nitrogens with one attached hydrogen (secondary N) is 1. The number of aliphatic hydroxyl groups is 1. The van der Waals surface area contributed by atoms with Gasteiger partial charge in [0.15, 0.2) is 6.61 Å². The maximum Gasteiger partial charge on any atom is 0.258 e. The first-order valence-electron chi connectivity index (χ1n) is 11.9. The highest BCUT2D eigenvalue weighted by molar-refractivity contribution is 6.30. The van der Waals surface area contributed by atoms with Crippen molar-refractivity contribution in [1.29, 1.82) is 0 Å². The number of hydrogen-bond acceptors (Lipinski definition) is 4.